The van der Waals surface area contributed by atoms with E-state index in [1.165, 1.54) is 5.56 Å². The van der Waals surface area contributed by atoms with Crippen LogP contribution in [0, 0.1) is 6.92 Å². The van der Waals surface area contributed by atoms with Crippen LogP contribution in [0.5, 0.6) is 17.2 Å². The third-order valence-corrected chi connectivity index (χ3v) is 4.80. The lowest BCUT2D eigenvalue weighted by Gasteiger charge is -2.16. The Morgan fingerprint density at radius 3 is 2.38 bits per heavy atom. The molecule has 0 aliphatic heterocycles. The van der Waals surface area contributed by atoms with Gasteiger partial charge in [-0.15, -0.1) is 24.0 Å². The van der Waals surface area contributed by atoms with Crippen molar-refractivity contribution in [3.8, 4) is 17.2 Å². The molecule has 0 saturated heterocycles. The van der Waals surface area contributed by atoms with Crippen molar-refractivity contribution in [3.63, 3.8) is 0 Å². The summed E-state index contributed by atoms with van der Waals surface area (Å²) < 4.78 is 21.7. The lowest BCUT2D eigenvalue weighted by atomic mass is 10.1. The van der Waals surface area contributed by atoms with Crippen molar-refractivity contribution in [2.24, 2.45) is 4.99 Å². The smallest absolute Gasteiger partial charge is 0.191 e. The Hall–Kier alpha value is -2.20. The van der Waals surface area contributed by atoms with Crippen molar-refractivity contribution in [2.75, 3.05) is 48.1 Å². The highest BCUT2D eigenvalue weighted by Crippen LogP contribution is 2.27. The maximum Gasteiger partial charge on any atom is 0.191 e. The minimum Gasteiger partial charge on any atom is -0.493 e. The van der Waals surface area contributed by atoms with E-state index in [2.05, 4.69) is 40.7 Å². The first-order chi connectivity index (χ1) is 15.1. The maximum atomic E-state index is 5.96. The first-order valence-electron chi connectivity index (χ1n) is 10.5. The number of nitrogens with zero attached hydrogens (tertiary/aromatic N) is 1. The number of guanidine groups is 1. The topological polar surface area (TPSA) is 73.3 Å². The van der Waals surface area contributed by atoms with Crippen LogP contribution in [-0.4, -0.2) is 54.1 Å². The predicted molar refractivity (Wildman–Crippen MR) is 140 cm³/mol. The van der Waals surface area contributed by atoms with Gasteiger partial charge >= 0.3 is 0 Å². The van der Waals surface area contributed by atoms with Gasteiger partial charge < -0.3 is 29.6 Å². The van der Waals surface area contributed by atoms with Gasteiger partial charge in [0.1, 0.15) is 5.75 Å². The minimum atomic E-state index is 0. The summed E-state index contributed by atoms with van der Waals surface area (Å²) in [6.07, 6.45) is 1.69. The molecule has 0 radical (unpaired) electrons. The van der Waals surface area contributed by atoms with Crippen LogP contribution in [0.1, 0.15) is 23.1 Å². The first kappa shape index (κ1) is 27.8. The molecule has 0 fully saturated rings. The van der Waals surface area contributed by atoms with Crippen LogP contribution in [0.15, 0.2) is 41.4 Å². The highest BCUT2D eigenvalue weighted by Gasteiger charge is 2.07. The van der Waals surface area contributed by atoms with E-state index < -0.39 is 0 Å². The van der Waals surface area contributed by atoms with Gasteiger partial charge in [0.2, 0.25) is 0 Å². The lowest BCUT2D eigenvalue weighted by molar-refractivity contribution is 0.171. The van der Waals surface area contributed by atoms with Crippen molar-refractivity contribution >= 4 is 29.9 Å². The second-order valence-electron chi connectivity index (χ2n) is 7.10. The van der Waals surface area contributed by atoms with E-state index in [4.69, 9.17) is 18.9 Å². The Morgan fingerprint density at radius 2 is 1.69 bits per heavy atom. The largest absolute Gasteiger partial charge is 0.493 e. The number of methoxy groups -OCH3 is 3. The zero-order valence-electron chi connectivity index (χ0n) is 19.7. The molecule has 2 aromatic carbocycles. The zero-order valence-corrected chi connectivity index (χ0v) is 22.0. The Bertz CT molecular complexity index is 846. The molecule has 0 unspecified atom stereocenters. The van der Waals surface area contributed by atoms with Crippen LogP contribution in [0.25, 0.3) is 0 Å². The standard InChI is InChI=1S/C24H35N3O4.HI/c1-18-7-9-20(22(15-18)31-14-6-13-28-3)17-27-24(25-2)26-12-11-19-8-10-21(29-4)23(16-19)30-5;/h7-10,15-16H,6,11-14,17H2,1-5H3,(H2,25,26,27);1H. The minimum absolute atomic E-state index is 0. The van der Waals surface area contributed by atoms with Crippen LogP contribution in [0.2, 0.25) is 0 Å². The van der Waals surface area contributed by atoms with Gasteiger partial charge in [-0.25, -0.2) is 0 Å². The van der Waals surface area contributed by atoms with Gasteiger partial charge in [0.15, 0.2) is 17.5 Å². The van der Waals surface area contributed by atoms with Gasteiger partial charge in [-0.3, -0.25) is 4.99 Å². The highest BCUT2D eigenvalue weighted by molar-refractivity contribution is 14.0. The maximum absolute atomic E-state index is 5.96. The fourth-order valence-electron chi connectivity index (χ4n) is 3.09. The summed E-state index contributed by atoms with van der Waals surface area (Å²) in [5.74, 6) is 3.10. The molecule has 178 valence electrons. The molecule has 0 atom stereocenters. The lowest BCUT2D eigenvalue weighted by Crippen LogP contribution is -2.37. The average Bonchev–Trinajstić information content (AvgIpc) is 2.79. The molecular weight excluding hydrogens is 521 g/mol. The Labute approximate surface area is 208 Å². The number of nitrogens with one attached hydrogen (secondary N) is 2. The summed E-state index contributed by atoms with van der Waals surface area (Å²) in [6.45, 7) is 4.74. The Morgan fingerprint density at radius 1 is 0.906 bits per heavy atom. The molecular formula is C24H36IN3O4. The summed E-state index contributed by atoms with van der Waals surface area (Å²) >= 11 is 0. The van der Waals surface area contributed by atoms with Crippen molar-refractivity contribution < 1.29 is 18.9 Å². The number of rotatable bonds is 12. The zero-order chi connectivity index (χ0) is 22.5. The van der Waals surface area contributed by atoms with E-state index in [0.717, 1.165) is 53.7 Å². The summed E-state index contributed by atoms with van der Waals surface area (Å²) in [4.78, 5) is 4.32. The van der Waals surface area contributed by atoms with E-state index in [0.29, 0.717) is 19.8 Å². The fourth-order valence-corrected chi connectivity index (χ4v) is 3.09. The molecule has 0 saturated carbocycles. The number of halogens is 1. The molecule has 2 rings (SSSR count). The SMILES string of the molecule is CN=C(NCCc1ccc(OC)c(OC)c1)NCc1ccc(C)cc1OCCCOC.I. The number of aliphatic imine (C=N–C) groups is 1. The molecule has 0 spiro atoms. The molecule has 0 aromatic heterocycles. The van der Waals surface area contributed by atoms with Gasteiger partial charge in [-0.05, 0) is 42.7 Å². The monoisotopic (exact) mass is 557 g/mol. The molecule has 0 aliphatic carbocycles. The third kappa shape index (κ3) is 9.12. The number of aryl methyl sites for hydroxylation is 1. The highest BCUT2D eigenvalue weighted by atomic mass is 127. The van der Waals surface area contributed by atoms with E-state index in [1.54, 1.807) is 28.4 Å². The summed E-state index contributed by atoms with van der Waals surface area (Å²) in [5, 5.41) is 6.72. The van der Waals surface area contributed by atoms with Gasteiger partial charge in [-0.1, -0.05) is 18.2 Å². The molecule has 8 heteroatoms. The van der Waals surface area contributed by atoms with Gasteiger partial charge in [0.05, 0.1) is 20.8 Å². The summed E-state index contributed by atoms with van der Waals surface area (Å²) in [5.41, 5.74) is 3.42. The molecule has 0 amide bonds. The third-order valence-electron chi connectivity index (χ3n) is 4.80. The molecule has 0 aliphatic rings. The van der Waals surface area contributed by atoms with Crippen molar-refractivity contribution in [2.45, 2.75) is 26.3 Å². The quantitative estimate of drug-likeness (QED) is 0.178. The summed E-state index contributed by atoms with van der Waals surface area (Å²) in [6, 6.07) is 12.2. The normalized spacial score (nSPS) is 10.8. The van der Waals surface area contributed by atoms with Crippen LogP contribution >= 0.6 is 24.0 Å². The van der Waals surface area contributed by atoms with Gasteiger partial charge in [0.25, 0.3) is 0 Å². The first-order valence-corrected chi connectivity index (χ1v) is 10.5. The second-order valence-corrected chi connectivity index (χ2v) is 7.10. The van der Waals surface area contributed by atoms with E-state index in [1.807, 2.05) is 18.2 Å². The van der Waals surface area contributed by atoms with E-state index in [9.17, 15) is 0 Å². The van der Waals surface area contributed by atoms with Crippen molar-refractivity contribution in [1.82, 2.24) is 10.6 Å². The molecule has 0 heterocycles. The number of hydrogen-bond donors (Lipinski definition) is 2. The van der Waals surface area contributed by atoms with Gasteiger partial charge in [-0.2, -0.15) is 0 Å². The predicted octanol–water partition coefficient (Wildman–Crippen LogP) is 3.95. The van der Waals surface area contributed by atoms with E-state index in [-0.39, 0.29) is 24.0 Å². The molecule has 0 bridgehead atoms. The Balaban J connectivity index is 0.00000512. The molecule has 2 aromatic rings. The van der Waals surface area contributed by atoms with Crippen molar-refractivity contribution in [3.05, 3.63) is 53.1 Å². The van der Waals surface area contributed by atoms with E-state index >= 15 is 0 Å². The average molecular weight is 557 g/mol. The van der Waals surface area contributed by atoms with Crippen LogP contribution in [0.3, 0.4) is 0 Å². The number of hydrogen-bond acceptors (Lipinski definition) is 5. The fraction of sp³-hybridized carbons (Fsp3) is 0.458. The van der Waals surface area contributed by atoms with Crippen molar-refractivity contribution in [1.29, 1.82) is 0 Å². The van der Waals surface area contributed by atoms with Crippen LogP contribution < -0.4 is 24.8 Å². The van der Waals surface area contributed by atoms with Crippen LogP contribution in [0.4, 0.5) is 0 Å². The molecule has 7 nitrogen and oxygen atoms in total. The van der Waals surface area contributed by atoms with Gasteiger partial charge in [0, 0.05) is 45.8 Å². The molecule has 2 N–H and O–H groups in total. The Kier molecular flexibility index (Phi) is 13.5. The number of benzene rings is 2. The number of ether oxygens (including phenoxy) is 4. The molecule has 32 heavy (non-hydrogen) atoms. The van der Waals surface area contributed by atoms with Crippen LogP contribution in [-0.2, 0) is 17.7 Å². The second kappa shape index (κ2) is 15.6. The summed E-state index contributed by atoms with van der Waals surface area (Å²) in [7, 11) is 6.75.